The number of rotatable bonds is 3. The summed E-state index contributed by atoms with van der Waals surface area (Å²) in [5.41, 5.74) is 5.21. The Morgan fingerprint density at radius 1 is 1.50 bits per heavy atom. The fourth-order valence-electron chi connectivity index (χ4n) is 0.812. The third-order valence-corrected chi connectivity index (χ3v) is 4.19. The van der Waals surface area contributed by atoms with Gasteiger partial charge in [0.2, 0.25) is 10.0 Å². The van der Waals surface area contributed by atoms with Crippen LogP contribution in [-0.2, 0) is 10.0 Å². The molecule has 0 atom stereocenters. The molecule has 7 heteroatoms. The summed E-state index contributed by atoms with van der Waals surface area (Å²) in [7, 11) is -2.03. The molecule has 0 aliphatic heterocycles. The van der Waals surface area contributed by atoms with Gasteiger partial charge in [-0.1, -0.05) is 5.16 Å². The van der Waals surface area contributed by atoms with Crippen molar-refractivity contribution in [2.24, 2.45) is 10.9 Å². The summed E-state index contributed by atoms with van der Waals surface area (Å²) >= 11 is 0. The standard InChI is InChI=1S/C7H17N3O3S/c1-7(2,3)14(12,13)10(4)5-6(8)9-11/h11H,5H2,1-4H3,(H2,8,9). The van der Waals surface area contributed by atoms with E-state index in [0.717, 1.165) is 4.31 Å². The third-order valence-electron chi connectivity index (χ3n) is 1.70. The minimum atomic E-state index is -3.42. The molecule has 0 saturated heterocycles. The van der Waals surface area contributed by atoms with Crippen molar-refractivity contribution in [1.82, 2.24) is 4.31 Å². The Kier molecular flexibility index (Phi) is 3.90. The van der Waals surface area contributed by atoms with Crippen LogP contribution in [0.3, 0.4) is 0 Å². The average molecular weight is 223 g/mol. The monoisotopic (exact) mass is 223 g/mol. The summed E-state index contributed by atoms with van der Waals surface area (Å²) in [6.45, 7) is 4.65. The van der Waals surface area contributed by atoms with Gasteiger partial charge in [0.15, 0.2) is 5.84 Å². The first-order valence-corrected chi connectivity index (χ1v) is 5.49. The molecule has 0 aromatic rings. The highest BCUT2D eigenvalue weighted by atomic mass is 32.2. The molecule has 0 unspecified atom stereocenters. The van der Waals surface area contributed by atoms with E-state index < -0.39 is 14.8 Å². The van der Waals surface area contributed by atoms with E-state index in [2.05, 4.69) is 5.16 Å². The van der Waals surface area contributed by atoms with Gasteiger partial charge in [-0.2, -0.15) is 4.31 Å². The van der Waals surface area contributed by atoms with E-state index in [4.69, 9.17) is 10.9 Å². The summed E-state index contributed by atoms with van der Waals surface area (Å²) in [6.07, 6.45) is 0. The molecular formula is C7H17N3O3S. The van der Waals surface area contributed by atoms with Gasteiger partial charge in [-0.05, 0) is 20.8 Å². The topological polar surface area (TPSA) is 96.0 Å². The Labute approximate surface area is 84.4 Å². The SMILES string of the molecule is CN(CC(N)=NO)S(=O)(=O)C(C)(C)C. The van der Waals surface area contributed by atoms with E-state index >= 15 is 0 Å². The molecule has 3 N–H and O–H groups in total. The van der Waals surface area contributed by atoms with Gasteiger partial charge < -0.3 is 10.9 Å². The average Bonchev–Trinajstić information content (AvgIpc) is 2.01. The minimum absolute atomic E-state index is 0.115. The number of nitrogens with two attached hydrogens (primary N) is 1. The molecule has 6 nitrogen and oxygen atoms in total. The number of hydrogen-bond acceptors (Lipinski definition) is 4. The lowest BCUT2D eigenvalue weighted by molar-refractivity contribution is 0.315. The molecule has 0 fully saturated rings. The van der Waals surface area contributed by atoms with Crippen LogP contribution in [0.25, 0.3) is 0 Å². The van der Waals surface area contributed by atoms with Crippen LogP contribution >= 0.6 is 0 Å². The van der Waals surface area contributed by atoms with Crippen LogP contribution in [0.15, 0.2) is 5.16 Å². The second kappa shape index (κ2) is 4.14. The van der Waals surface area contributed by atoms with Crippen molar-refractivity contribution >= 4 is 15.9 Å². The molecular weight excluding hydrogens is 206 g/mol. The maximum atomic E-state index is 11.7. The van der Waals surface area contributed by atoms with Crippen molar-refractivity contribution in [2.45, 2.75) is 25.5 Å². The quantitative estimate of drug-likeness (QED) is 0.299. The highest BCUT2D eigenvalue weighted by molar-refractivity contribution is 7.90. The summed E-state index contributed by atoms with van der Waals surface area (Å²) in [6, 6.07) is 0. The molecule has 84 valence electrons. The third kappa shape index (κ3) is 2.85. The molecule has 0 spiro atoms. The first-order chi connectivity index (χ1) is 6.13. The summed E-state index contributed by atoms with van der Waals surface area (Å²) < 4.78 is 23.6. The molecule has 14 heavy (non-hydrogen) atoms. The second-order valence-electron chi connectivity index (χ2n) is 3.96. The smallest absolute Gasteiger partial charge is 0.219 e. The number of oxime groups is 1. The molecule has 0 rings (SSSR count). The van der Waals surface area contributed by atoms with Gasteiger partial charge in [-0.3, -0.25) is 0 Å². The van der Waals surface area contributed by atoms with Gasteiger partial charge in [0.05, 0.1) is 11.3 Å². The van der Waals surface area contributed by atoms with E-state index in [1.165, 1.54) is 7.05 Å². The molecule has 0 radical (unpaired) electrons. The van der Waals surface area contributed by atoms with Crippen molar-refractivity contribution < 1.29 is 13.6 Å². The van der Waals surface area contributed by atoms with Crippen LogP contribution in [0.5, 0.6) is 0 Å². The molecule has 0 amide bonds. The number of nitrogens with zero attached hydrogens (tertiary/aromatic N) is 2. The van der Waals surface area contributed by atoms with Crippen LogP contribution < -0.4 is 5.73 Å². The van der Waals surface area contributed by atoms with E-state index in [0.29, 0.717) is 0 Å². The van der Waals surface area contributed by atoms with Crippen molar-refractivity contribution in [3.8, 4) is 0 Å². The fourth-order valence-corrected chi connectivity index (χ4v) is 2.05. The highest BCUT2D eigenvalue weighted by Gasteiger charge is 2.33. The maximum absolute atomic E-state index is 11.7. The lowest BCUT2D eigenvalue weighted by Crippen LogP contribution is -2.44. The lowest BCUT2D eigenvalue weighted by Gasteiger charge is -2.26. The van der Waals surface area contributed by atoms with Crippen molar-refractivity contribution in [2.75, 3.05) is 13.6 Å². The number of amidine groups is 1. The second-order valence-corrected chi connectivity index (χ2v) is 6.76. The van der Waals surface area contributed by atoms with E-state index in [9.17, 15) is 8.42 Å². The Morgan fingerprint density at radius 2 is 1.93 bits per heavy atom. The van der Waals surface area contributed by atoms with Crippen LogP contribution in [0.4, 0.5) is 0 Å². The molecule has 0 aromatic carbocycles. The summed E-state index contributed by atoms with van der Waals surface area (Å²) in [5.74, 6) is -0.139. The van der Waals surface area contributed by atoms with E-state index in [1.54, 1.807) is 20.8 Å². The lowest BCUT2D eigenvalue weighted by atomic mass is 10.3. The van der Waals surface area contributed by atoms with Crippen molar-refractivity contribution in [3.63, 3.8) is 0 Å². The van der Waals surface area contributed by atoms with Crippen LogP contribution in [0, 0.1) is 0 Å². The molecule has 0 bridgehead atoms. The molecule has 0 aliphatic rings. The van der Waals surface area contributed by atoms with Gasteiger partial charge >= 0.3 is 0 Å². The van der Waals surface area contributed by atoms with Crippen LogP contribution in [0.1, 0.15) is 20.8 Å². The Bertz CT molecular complexity index is 316. The number of hydrogen-bond donors (Lipinski definition) is 2. The van der Waals surface area contributed by atoms with E-state index in [-0.39, 0.29) is 12.4 Å². The molecule has 0 heterocycles. The first-order valence-electron chi connectivity index (χ1n) is 4.05. The van der Waals surface area contributed by atoms with Gasteiger partial charge in [-0.25, -0.2) is 8.42 Å². The molecule has 0 aliphatic carbocycles. The largest absolute Gasteiger partial charge is 0.409 e. The van der Waals surface area contributed by atoms with Crippen LogP contribution in [0.2, 0.25) is 0 Å². The molecule has 0 saturated carbocycles. The van der Waals surface area contributed by atoms with Gasteiger partial charge in [0, 0.05) is 7.05 Å². The minimum Gasteiger partial charge on any atom is -0.409 e. The number of sulfonamides is 1. The van der Waals surface area contributed by atoms with Gasteiger partial charge in [0.1, 0.15) is 0 Å². The number of likely N-dealkylation sites (N-methyl/N-ethyl adjacent to an activating group) is 1. The zero-order valence-electron chi connectivity index (χ0n) is 8.85. The van der Waals surface area contributed by atoms with Crippen molar-refractivity contribution in [1.29, 1.82) is 0 Å². The van der Waals surface area contributed by atoms with Crippen molar-refractivity contribution in [3.05, 3.63) is 0 Å². The predicted octanol–water partition coefficient (Wildman–Crippen LogP) is -0.207. The Balaban J connectivity index is 4.80. The predicted molar refractivity (Wildman–Crippen MR) is 54.7 cm³/mol. The van der Waals surface area contributed by atoms with E-state index in [1.807, 2.05) is 0 Å². The zero-order chi connectivity index (χ0) is 11.6. The first kappa shape index (κ1) is 13.2. The zero-order valence-corrected chi connectivity index (χ0v) is 9.67. The fraction of sp³-hybridized carbons (Fsp3) is 0.857. The Morgan fingerprint density at radius 3 is 2.21 bits per heavy atom. The van der Waals surface area contributed by atoms with Gasteiger partial charge in [-0.15, -0.1) is 0 Å². The highest BCUT2D eigenvalue weighted by Crippen LogP contribution is 2.18. The van der Waals surface area contributed by atoms with Gasteiger partial charge in [0.25, 0.3) is 0 Å². The maximum Gasteiger partial charge on any atom is 0.219 e. The summed E-state index contributed by atoms with van der Waals surface area (Å²) in [4.78, 5) is 0. The van der Waals surface area contributed by atoms with Crippen LogP contribution in [-0.4, -0.2) is 42.1 Å². The molecule has 0 aromatic heterocycles. The summed E-state index contributed by atoms with van der Waals surface area (Å²) in [5, 5.41) is 11.0. The Hall–Kier alpha value is -0.820. The normalized spacial score (nSPS) is 14.8.